The number of rotatable bonds is 4. The first kappa shape index (κ1) is 13.2. The highest BCUT2D eigenvalue weighted by Crippen LogP contribution is 2.22. The summed E-state index contributed by atoms with van der Waals surface area (Å²) in [6.07, 6.45) is 1.09. The topological polar surface area (TPSA) is 29.5 Å². The molecule has 3 nitrogen and oxygen atoms in total. The van der Waals surface area contributed by atoms with Crippen LogP contribution in [0.5, 0.6) is 0 Å². The van der Waals surface area contributed by atoms with Gasteiger partial charge in [-0.1, -0.05) is 27.4 Å². The van der Waals surface area contributed by atoms with E-state index >= 15 is 0 Å². The van der Waals surface area contributed by atoms with Gasteiger partial charge in [0.05, 0.1) is 0 Å². The van der Waals surface area contributed by atoms with Crippen LogP contribution in [0.15, 0.2) is 12.7 Å². The van der Waals surface area contributed by atoms with Crippen LogP contribution in [-0.2, 0) is 9.53 Å². The summed E-state index contributed by atoms with van der Waals surface area (Å²) < 4.78 is 5.28. The van der Waals surface area contributed by atoms with Gasteiger partial charge in [0.25, 0.3) is 0 Å². The third kappa shape index (κ3) is 5.02. The van der Waals surface area contributed by atoms with Gasteiger partial charge in [0.2, 0.25) is 0 Å². The molecule has 0 aliphatic rings. The lowest BCUT2D eigenvalue weighted by molar-refractivity contribution is -0.149. The van der Waals surface area contributed by atoms with Gasteiger partial charge in [-0.05, 0) is 14.1 Å². The summed E-state index contributed by atoms with van der Waals surface area (Å²) in [5.74, 6) is -0.355. The van der Waals surface area contributed by atoms with E-state index in [2.05, 4.69) is 27.4 Å². The minimum absolute atomic E-state index is 0.0526. The molecule has 1 atom stereocenters. The number of carbonyl (C=O) groups is 1. The van der Waals surface area contributed by atoms with Crippen LogP contribution in [0.1, 0.15) is 20.8 Å². The Hall–Kier alpha value is -0.830. The summed E-state index contributed by atoms with van der Waals surface area (Å²) in [5.41, 5.74) is -0.0526. The number of nitrogens with zero attached hydrogens (tertiary/aromatic N) is 1. The van der Waals surface area contributed by atoms with Crippen molar-refractivity contribution in [2.24, 2.45) is 5.41 Å². The molecule has 0 aliphatic heterocycles. The molecule has 14 heavy (non-hydrogen) atoms. The number of hydrogen-bond donors (Lipinski definition) is 0. The number of esters is 1. The average Bonchev–Trinajstić information content (AvgIpc) is 2.00. The monoisotopic (exact) mass is 199 g/mol. The molecule has 1 unspecified atom stereocenters. The molecule has 0 aromatic carbocycles. The molecule has 82 valence electrons. The molecule has 0 saturated heterocycles. The van der Waals surface area contributed by atoms with E-state index in [1.807, 2.05) is 19.0 Å². The highest BCUT2D eigenvalue weighted by atomic mass is 16.5. The molecule has 0 N–H and O–H groups in total. The molecule has 0 saturated carbocycles. The average molecular weight is 199 g/mol. The van der Waals surface area contributed by atoms with Gasteiger partial charge in [-0.15, -0.1) is 0 Å². The van der Waals surface area contributed by atoms with Crippen LogP contribution in [0.3, 0.4) is 0 Å². The molecular formula is C11H21NO2. The van der Waals surface area contributed by atoms with Crippen molar-refractivity contribution in [1.82, 2.24) is 4.90 Å². The normalized spacial score (nSPS) is 13.9. The molecule has 0 aromatic heterocycles. The zero-order valence-corrected chi connectivity index (χ0v) is 9.83. The Morgan fingerprint density at radius 1 is 1.50 bits per heavy atom. The lowest BCUT2D eigenvalue weighted by Gasteiger charge is -2.31. The zero-order chi connectivity index (χ0) is 11.4. The van der Waals surface area contributed by atoms with Gasteiger partial charge in [-0.25, -0.2) is 4.79 Å². The van der Waals surface area contributed by atoms with Gasteiger partial charge in [0.1, 0.15) is 6.10 Å². The van der Waals surface area contributed by atoms with Gasteiger partial charge in [-0.3, -0.25) is 0 Å². The van der Waals surface area contributed by atoms with E-state index in [9.17, 15) is 4.79 Å². The maximum Gasteiger partial charge on any atom is 0.330 e. The van der Waals surface area contributed by atoms with Crippen molar-refractivity contribution in [1.29, 1.82) is 0 Å². The molecular weight excluding hydrogens is 178 g/mol. The Morgan fingerprint density at radius 2 is 2.00 bits per heavy atom. The van der Waals surface area contributed by atoms with Crippen molar-refractivity contribution in [2.75, 3.05) is 20.6 Å². The Labute approximate surface area is 86.7 Å². The van der Waals surface area contributed by atoms with Gasteiger partial charge >= 0.3 is 5.97 Å². The third-order valence-corrected chi connectivity index (χ3v) is 1.92. The predicted octanol–water partition coefficient (Wildman–Crippen LogP) is 1.69. The molecule has 0 heterocycles. The maximum absolute atomic E-state index is 11.1. The van der Waals surface area contributed by atoms with Crippen molar-refractivity contribution in [3.05, 3.63) is 12.7 Å². The molecule has 0 aromatic rings. The molecule has 0 rings (SSSR count). The van der Waals surface area contributed by atoms with E-state index < -0.39 is 0 Å². The van der Waals surface area contributed by atoms with Gasteiger partial charge in [0, 0.05) is 18.0 Å². The summed E-state index contributed by atoms with van der Waals surface area (Å²) in [6, 6.07) is 0. The molecule has 0 fully saturated rings. The highest BCUT2D eigenvalue weighted by molar-refractivity contribution is 5.81. The lowest BCUT2D eigenvalue weighted by atomic mass is 9.88. The molecule has 0 spiro atoms. The van der Waals surface area contributed by atoms with Crippen LogP contribution in [0.25, 0.3) is 0 Å². The van der Waals surface area contributed by atoms with E-state index in [0.29, 0.717) is 0 Å². The van der Waals surface area contributed by atoms with Gasteiger partial charge in [-0.2, -0.15) is 0 Å². The van der Waals surface area contributed by atoms with Crippen LogP contribution in [0.4, 0.5) is 0 Å². The molecule has 3 heteroatoms. The summed E-state index contributed by atoms with van der Waals surface area (Å²) in [6.45, 7) is 10.3. The van der Waals surface area contributed by atoms with E-state index in [1.165, 1.54) is 6.08 Å². The van der Waals surface area contributed by atoms with E-state index in [4.69, 9.17) is 4.74 Å². The van der Waals surface area contributed by atoms with Crippen molar-refractivity contribution in [3.8, 4) is 0 Å². The summed E-state index contributed by atoms with van der Waals surface area (Å²) in [7, 11) is 3.92. The first-order valence-electron chi connectivity index (χ1n) is 4.75. The van der Waals surface area contributed by atoms with Crippen molar-refractivity contribution in [3.63, 3.8) is 0 Å². The first-order valence-corrected chi connectivity index (χ1v) is 4.75. The third-order valence-electron chi connectivity index (χ3n) is 1.92. The van der Waals surface area contributed by atoms with E-state index in [-0.39, 0.29) is 17.5 Å². The SMILES string of the molecule is C=CC(=O)OC(CN(C)C)C(C)(C)C. The number of carbonyl (C=O) groups excluding carboxylic acids is 1. The minimum atomic E-state index is -0.355. The van der Waals surface area contributed by atoms with Gasteiger partial charge in [0.15, 0.2) is 0 Å². The molecule has 0 aliphatic carbocycles. The Kier molecular flexibility index (Phi) is 4.85. The number of ether oxygens (including phenoxy) is 1. The number of hydrogen-bond acceptors (Lipinski definition) is 3. The Balaban J connectivity index is 4.40. The maximum atomic E-state index is 11.1. The second-order valence-corrected chi connectivity index (χ2v) is 4.76. The fourth-order valence-corrected chi connectivity index (χ4v) is 1.01. The smallest absolute Gasteiger partial charge is 0.330 e. The van der Waals surface area contributed by atoms with Crippen molar-refractivity contribution in [2.45, 2.75) is 26.9 Å². The Bertz CT molecular complexity index is 204. The molecule has 0 bridgehead atoms. The largest absolute Gasteiger partial charge is 0.457 e. The first-order chi connectivity index (χ1) is 6.27. The molecule has 0 amide bonds. The van der Waals surface area contributed by atoms with Crippen LogP contribution < -0.4 is 0 Å². The van der Waals surface area contributed by atoms with Crippen LogP contribution in [0, 0.1) is 5.41 Å². The van der Waals surface area contributed by atoms with E-state index in [1.54, 1.807) is 0 Å². The fourth-order valence-electron chi connectivity index (χ4n) is 1.01. The summed E-state index contributed by atoms with van der Waals surface area (Å²) in [5, 5.41) is 0. The van der Waals surface area contributed by atoms with E-state index in [0.717, 1.165) is 6.54 Å². The Morgan fingerprint density at radius 3 is 2.29 bits per heavy atom. The van der Waals surface area contributed by atoms with Gasteiger partial charge < -0.3 is 9.64 Å². The van der Waals surface area contributed by atoms with Crippen molar-refractivity contribution >= 4 is 5.97 Å². The van der Waals surface area contributed by atoms with Crippen LogP contribution in [0.2, 0.25) is 0 Å². The molecule has 0 radical (unpaired) electrons. The lowest BCUT2D eigenvalue weighted by Crippen LogP contribution is -2.39. The standard InChI is InChI=1S/C11H21NO2/c1-7-10(13)14-9(8-12(5)6)11(2,3)4/h7,9H,1,8H2,2-6H3. The fraction of sp³-hybridized carbons (Fsp3) is 0.727. The summed E-state index contributed by atoms with van der Waals surface area (Å²) in [4.78, 5) is 13.1. The second-order valence-electron chi connectivity index (χ2n) is 4.76. The second kappa shape index (κ2) is 5.15. The number of likely N-dealkylation sites (N-methyl/N-ethyl adjacent to an activating group) is 1. The zero-order valence-electron chi connectivity index (χ0n) is 9.83. The quantitative estimate of drug-likeness (QED) is 0.510. The minimum Gasteiger partial charge on any atom is -0.457 e. The summed E-state index contributed by atoms with van der Waals surface area (Å²) >= 11 is 0. The van der Waals surface area contributed by atoms with Crippen LogP contribution >= 0.6 is 0 Å². The predicted molar refractivity (Wildman–Crippen MR) is 58.1 cm³/mol. The van der Waals surface area contributed by atoms with Crippen LogP contribution in [-0.4, -0.2) is 37.6 Å². The van der Waals surface area contributed by atoms with Crippen molar-refractivity contribution < 1.29 is 9.53 Å². The highest BCUT2D eigenvalue weighted by Gasteiger charge is 2.28.